The van der Waals surface area contributed by atoms with Crippen molar-refractivity contribution in [2.45, 2.75) is 45.1 Å². The zero-order chi connectivity index (χ0) is 13.9. The van der Waals surface area contributed by atoms with Gasteiger partial charge in [-0.25, -0.2) is 4.98 Å². The maximum atomic E-state index is 5.51. The van der Waals surface area contributed by atoms with Crippen LogP contribution in [-0.2, 0) is 6.54 Å². The Hall–Kier alpha value is -1.62. The molecule has 2 aromatic heterocycles. The second kappa shape index (κ2) is 5.79. The van der Waals surface area contributed by atoms with Crippen LogP contribution in [0.1, 0.15) is 55.8 Å². The van der Waals surface area contributed by atoms with E-state index in [4.69, 9.17) is 4.42 Å². The number of likely N-dealkylation sites (tertiary alicyclic amines) is 1. The molecule has 5 nitrogen and oxygen atoms in total. The van der Waals surface area contributed by atoms with Crippen molar-refractivity contribution in [3.8, 4) is 0 Å². The molecule has 0 radical (unpaired) electrons. The lowest BCUT2D eigenvalue weighted by atomic mass is 9.95. The molecule has 3 heterocycles. The van der Waals surface area contributed by atoms with Crippen molar-refractivity contribution in [1.29, 1.82) is 0 Å². The van der Waals surface area contributed by atoms with E-state index in [-0.39, 0.29) is 0 Å². The number of hydrogen-bond donors (Lipinski definition) is 1. The summed E-state index contributed by atoms with van der Waals surface area (Å²) in [6, 6.07) is 2.08. The van der Waals surface area contributed by atoms with E-state index in [1.54, 1.807) is 6.26 Å². The molecule has 1 aliphatic rings. The SMILES string of the molecule is CC(C)c1nc(CN2CCC[C@H](c3ccn[nH]3)C2)co1. The van der Waals surface area contributed by atoms with Gasteiger partial charge in [0, 0.05) is 36.8 Å². The van der Waals surface area contributed by atoms with Crippen molar-refractivity contribution in [3.05, 3.63) is 35.8 Å². The summed E-state index contributed by atoms with van der Waals surface area (Å²) in [6.45, 7) is 7.27. The second-order valence-corrected chi connectivity index (χ2v) is 5.92. The number of nitrogens with zero attached hydrogens (tertiary/aromatic N) is 3. The molecule has 0 bridgehead atoms. The van der Waals surface area contributed by atoms with Crippen molar-refractivity contribution in [1.82, 2.24) is 20.1 Å². The van der Waals surface area contributed by atoms with Gasteiger partial charge in [-0.1, -0.05) is 13.8 Å². The van der Waals surface area contributed by atoms with Crippen LogP contribution in [0.15, 0.2) is 22.9 Å². The van der Waals surface area contributed by atoms with Crippen LogP contribution in [0, 0.1) is 0 Å². The van der Waals surface area contributed by atoms with E-state index in [9.17, 15) is 0 Å². The summed E-state index contributed by atoms with van der Waals surface area (Å²) in [7, 11) is 0. The number of hydrogen-bond acceptors (Lipinski definition) is 4. The fraction of sp³-hybridized carbons (Fsp3) is 0.600. The minimum absolute atomic E-state index is 0.350. The van der Waals surface area contributed by atoms with Crippen molar-refractivity contribution >= 4 is 0 Å². The Labute approximate surface area is 119 Å². The normalized spacial score (nSPS) is 20.6. The second-order valence-electron chi connectivity index (χ2n) is 5.92. The smallest absolute Gasteiger partial charge is 0.196 e. The van der Waals surface area contributed by atoms with E-state index in [1.807, 2.05) is 6.20 Å². The quantitative estimate of drug-likeness (QED) is 0.931. The molecule has 0 aromatic carbocycles. The highest BCUT2D eigenvalue weighted by molar-refractivity contribution is 5.08. The molecule has 1 saturated heterocycles. The largest absolute Gasteiger partial charge is 0.448 e. The van der Waals surface area contributed by atoms with Gasteiger partial charge in [0.2, 0.25) is 0 Å². The minimum atomic E-state index is 0.350. The molecule has 0 saturated carbocycles. The predicted molar refractivity (Wildman–Crippen MR) is 76.4 cm³/mol. The van der Waals surface area contributed by atoms with Crippen LogP contribution in [0.25, 0.3) is 0 Å². The maximum absolute atomic E-state index is 5.51. The summed E-state index contributed by atoms with van der Waals surface area (Å²) in [5.74, 6) is 1.74. The van der Waals surface area contributed by atoms with Crippen molar-refractivity contribution in [3.63, 3.8) is 0 Å². The first kappa shape index (κ1) is 13.4. The Morgan fingerprint density at radius 2 is 2.40 bits per heavy atom. The molecule has 0 spiro atoms. The average molecular weight is 274 g/mol. The molecular weight excluding hydrogens is 252 g/mol. The highest BCUT2D eigenvalue weighted by Crippen LogP contribution is 2.26. The maximum Gasteiger partial charge on any atom is 0.196 e. The zero-order valence-electron chi connectivity index (χ0n) is 12.2. The highest BCUT2D eigenvalue weighted by atomic mass is 16.3. The van der Waals surface area contributed by atoms with Gasteiger partial charge in [0.1, 0.15) is 6.26 Å². The number of aromatic amines is 1. The fourth-order valence-corrected chi connectivity index (χ4v) is 2.84. The van der Waals surface area contributed by atoms with Crippen molar-refractivity contribution in [2.75, 3.05) is 13.1 Å². The molecule has 108 valence electrons. The lowest BCUT2D eigenvalue weighted by Gasteiger charge is -2.31. The molecule has 1 N–H and O–H groups in total. The monoisotopic (exact) mass is 274 g/mol. The average Bonchev–Trinajstić information content (AvgIpc) is 3.10. The standard InChI is InChI=1S/C15H22N4O/c1-11(2)15-17-13(10-20-15)9-19-7-3-4-12(8-19)14-5-6-16-18-14/h5-6,10-12H,3-4,7-9H2,1-2H3,(H,16,18)/t12-/m0/s1. The van der Waals surface area contributed by atoms with E-state index in [1.165, 1.54) is 18.5 Å². The molecule has 3 rings (SSSR count). The van der Waals surface area contributed by atoms with Gasteiger partial charge in [0.15, 0.2) is 5.89 Å². The lowest BCUT2D eigenvalue weighted by molar-refractivity contribution is 0.196. The summed E-state index contributed by atoms with van der Waals surface area (Å²) in [4.78, 5) is 7.02. The Kier molecular flexibility index (Phi) is 3.87. The lowest BCUT2D eigenvalue weighted by Crippen LogP contribution is -2.34. The number of rotatable bonds is 4. The first-order chi connectivity index (χ1) is 9.72. The number of oxazole rings is 1. The third kappa shape index (κ3) is 2.93. The predicted octanol–water partition coefficient (Wildman–Crippen LogP) is 2.90. The number of H-pyrrole nitrogens is 1. The third-order valence-electron chi connectivity index (χ3n) is 3.92. The van der Waals surface area contributed by atoms with Gasteiger partial charge in [-0.2, -0.15) is 5.10 Å². The van der Waals surface area contributed by atoms with Gasteiger partial charge < -0.3 is 4.42 Å². The minimum Gasteiger partial charge on any atom is -0.448 e. The Balaban J connectivity index is 1.62. The topological polar surface area (TPSA) is 58.0 Å². The van der Waals surface area contributed by atoms with Crippen molar-refractivity contribution < 1.29 is 4.42 Å². The Morgan fingerprint density at radius 1 is 1.50 bits per heavy atom. The fourth-order valence-electron chi connectivity index (χ4n) is 2.84. The van der Waals surface area contributed by atoms with Gasteiger partial charge in [0.25, 0.3) is 0 Å². The van der Waals surface area contributed by atoms with Crippen LogP contribution in [0.5, 0.6) is 0 Å². The van der Waals surface area contributed by atoms with E-state index in [2.05, 4.69) is 40.0 Å². The summed E-state index contributed by atoms with van der Waals surface area (Å²) in [5.41, 5.74) is 2.29. The molecule has 1 atom stereocenters. The first-order valence-electron chi connectivity index (χ1n) is 7.38. The van der Waals surface area contributed by atoms with Crippen molar-refractivity contribution in [2.24, 2.45) is 0 Å². The number of aromatic nitrogens is 3. The van der Waals surface area contributed by atoms with Gasteiger partial charge in [0.05, 0.1) is 5.69 Å². The van der Waals surface area contributed by atoms with E-state index < -0.39 is 0 Å². The number of nitrogens with one attached hydrogen (secondary N) is 1. The van der Waals surface area contributed by atoms with Gasteiger partial charge in [-0.05, 0) is 25.5 Å². The van der Waals surface area contributed by atoms with Crippen LogP contribution < -0.4 is 0 Å². The first-order valence-corrected chi connectivity index (χ1v) is 7.38. The van der Waals surface area contributed by atoms with E-state index in [0.29, 0.717) is 11.8 Å². The molecule has 5 heteroatoms. The third-order valence-corrected chi connectivity index (χ3v) is 3.92. The summed E-state index contributed by atoms with van der Waals surface area (Å²) < 4.78 is 5.51. The van der Waals surface area contributed by atoms with Gasteiger partial charge >= 0.3 is 0 Å². The molecule has 0 aliphatic carbocycles. The highest BCUT2D eigenvalue weighted by Gasteiger charge is 2.23. The Bertz CT molecular complexity index is 532. The van der Waals surface area contributed by atoms with Gasteiger partial charge in [-0.15, -0.1) is 0 Å². The molecule has 0 unspecified atom stereocenters. The van der Waals surface area contributed by atoms with Crippen LogP contribution >= 0.6 is 0 Å². The van der Waals surface area contributed by atoms with Crippen LogP contribution in [-0.4, -0.2) is 33.2 Å². The van der Waals surface area contributed by atoms with Gasteiger partial charge in [-0.3, -0.25) is 10.00 Å². The molecule has 1 fully saturated rings. The molecule has 20 heavy (non-hydrogen) atoms. The van der Waals surface area contributed by atoms with Crippen LogP contribution in [0.2, 0.25) is 0 Å². The summed E-state index contributed by atoms with van der Waals surface area (Å²) >= 11 is 0. The summed E-state index contributed by atoms with van der Waals surface area (Å²) in [5, 5.41) is 7.16. The van der Waals surface area contributed by atoms with Crippen LogP contribution in [0.4, 0.5) is 0 Å². The van der Waals surface area contributed by atoms with E-state index in [0.717, 1.165) is 31.2 Å². The summed E-state index contributed by atoms with van der Waals surface area (Å²) in [6.07, 6.45) is 6.09. The number of piperidine rings is 1. The molecule has 1 aliphatic heterocycles. The molecule has 0 amide bonds. The van der Waals surface area contributed by atoms with E-state index >= 15 is 0 Å². The zero-order valence-corrected chi connectivity index (χ0v) is 12.2. The molecule has 2 aromatic rings. The Morgan fingerprint density at radius 3 is 3.10 bits per heavy atom. The molecular formula is C15H22N4O. The van der Waals surface area contributed by atoms with Crippen LogP contribution in [0.3, 0.4) is 0 Å².